The van der Waals surface area contributed by atoms with Crippen LogP contribution < -0.4 is 11.1 Å². The summed E-state index contributed by atoms with van der Waals surface area (Å²) in [6.07, 6.45) is 8.13. The van der Waals surface area contributed by atoms with E-state index in [4.69, 9.17) is 5.73 Å². The Balaban J connectivity index is 1.93. The summed E-state index contributed by atoms with van der Waals surface area (Å²) in [6.45, 7) is 0. The third kappa shape index (κ3) is 3.09. The summed E-state index contributed by atoms with van der Waals surface area (Å²) >= 11 is 1.63. The molecule has 16 heavy (non-hydrogen) atoms. The van der Waals surface area contributed by atoms with Crippen LogP contribution in [0.15, 0.2) is 17.4 Å². The van der Waals surface area contributed by atoms with Gasteiger partial charge in [0.15, 0.2) is 0 Å². The third-order valence-electron chi connectivity index (χ3n) is 2.97. The Morgan fingerprint density at radius 2 is 2.06 bits per heavy atom. The maximum Gasteiger partial charge on any atom is 0.130 e. The molecule has 1 aromatic heterocycles. The van der Waals surface area contributed by atoms with Crippen molar-refractivity contribution in [2.75, 3.05) is 11.6 Å². The van der Waals surface area contributed by atoms with Gasteiger partial charge in [0.25, 0.3) is 0 Å². The summed E-state index contributed by atoms with van der Waals surface area (Å²) in [5, 5.41) is 4.46. The molecule has 5 heteroatoms. The van der Waals surface area contributed by atoms with E-state index in [1.807, 2.05) is 12.3 Å². The van der Waals surface area contributed by atoms with Crippen molar-refractivity contribution in [3.63, 3.8) is 0 Å². The second-order valence-corrected chi connectivity index (χ2v) is 5.03. The van der Waals surface area contributed by atoms with Crippen LogP contribution in [0.3, 0.4) is 0 Å². The van der Waals surface area contributed by atoms with Crippen LogP contribution in [0.25, 0.3) is 0 Å². The monoisotopic (exact) mass is 238 g/mol. The van der Waals surface area contributed by atoms with E-state index in [9.17, 15) is 0 Å². The average molecular weight is 238 g/mol. The van der Waals surface area contributed by atoms with Gasteiger partial charge in [-0.25, -0.2) is 9.97 Å². The Kier molecular flexibility index (Phi) is 4.01. The van der Waals surface area contributed by atoms with Gasteiger partial charge in [0.05, 0.1) is 0 Å². The first-order valence-electron chi connectivity index (χ1n) is 5.66. The summed E-state index contributed by atoms with van der Waals surface area (Å²) in [5.74, 6) is 0.930. The molecule has 0 aromatic carbocycles. The van der Waals surface area contributed by atoms with Gasteiger partial charge in [-0.3, -0.25) is 0 Å². The average Bonchev–Trinajstić information content (AvgIpc) is 2.32. The molecule has 88 valence electrons. The number of rotatable bonds is 3. The predicted octanol–water partition coefficient (Wildman–Crippen LogP) is 1.88. The van der Waals surface area contributed by atoms with Crippen molar-refractivity contribution < 1.29 is 0 Å². The molecule has 0 amide bonds. The molecule has 4 nitrogen and oxygen atoms in total. The molecule has 1 fully saturated rings. The van der Waals surface area contributed by atoms with Crippen molar-refractivity contribution in [3.05, 3.63) is 12.4 Å². The minimum Gasteiger partial charge on any atom is -0.367 e. The lowest BCUT2D eigenvalue weighted by Crippen LogP contribution is -2.33. The quantitative estimate of drug-likeness (QED) is 0.622. The molecular formula is C11H18N4S. The number of hydrogen-bond acceptors (Lipinski definition) is 5. The van der Waals surface area contributed by atoms with E-state index in [1.165, 1.54) is 0 Å². The molecular weight excluding hydrogens is 220 g/mol. The van der Waals surface area contributed by atoms with Crippen molar-refractivity contribution in [1.29, 1.82) is 0 Å². The molecule has 0 unspecified atom stereocenters. The minimum atomic E-state index is 0.394. The third-order valence-corrected chi connectivity index (χ3v) is 3.62. The first-order chi connectivity index (χ1) is 7.78. The topological polar surface area (TPSA) is 63.8 Å². The van der Waals surface area contributed by atoms with Crippen LogP contribution in [0.2, 0.25) is 0 Å². The Morgan fingerprint density at radius 1 is 1.31 bits per heavy atom. The number of nitrogens with two attached hydrogens (primary N) is 1. The van der Waals surface area contributed by atoms with Crippen molar-refractivity contribution in [1.82, 2.24) is 9.97 Å². The van der Waals surface area contributed by atoms with E-state index >= 15 is 0 Å². The van der Waals surface area contributed by atoms with Crippen LogP contribution in [-0.4, -0.2) is 28.3 Å². The Bertz CT molecular complexity index is 337. The lowest BCUT2D eigenvalue weighted by molar-refractivity contribution is 0.410. The fraction of sp³-hybridized carbons (Fsp3) is 0.636. The molecule has 1 aromatic rings. The van der Waals surface area contributed by atoms with Crippen LogP contribution >= 0.6 is 11.8 Å². The predicted molar refractivity (Wildman–Crippen MR) is 67.7 cm³/mol. The van der Waals surface area contributed by atoms with E-state index < -0.39 is 0 Å². The maximum atomic E-state index is 5.88. The van der Waals surface area contributed by atoms with Crippen LogP contribution in [-0.2, 0) is 0 Å². The number of nitrogens with zero attached hydrogens (tertiary/aromatic N) is 2. The van der Waals surface area contributed by atoms with Gasteiger partial charge in [0, 0.05) is 18.2 Å². The zero-order valence-electron chi connectivity index (χ0n) is 9.52. The SMILES string of the molecule is CSc1cc(N[C@H]2CC[C@@H](N)CC2)ncn1. The Hall–Kier alpha value is -0.810. The minimum absolute atomic E-state index is 0.394. The molecule has 1 saturated carbocycles. The van der Waals surface area contributed by atoms with E-state index in [0.29, 0.717) is 12.1 Å². The molecule has 0 radical (unpaired) electrons. The number of hydrogen-bond donors (Lipinski definition) is 2. The van der Waals surface area contributed by atoms with Gasteiger partial charge in [-0.1, -0.05) is 0 Å². The molecule has 0 atom stereocenters. The molecule has 3 N–H and O–H groups in total. The molecule has 0 bridgehead atoms. The zero-order chi connectivity index (χ0) is 11.4. The largest absolute Gasteiger partial charge is 0.367 e. The van der Waals surface area contributed by atoms with Gasteiger partial charge in [-0.2, -0.15) is 0 Å². The van der Waals surface area contributed by atoms with Gasteiger partial charge in [-0.15, -0.1) is 11.8 Å². The highest BCUT2D eigenvalue weighted by Gasteiger charge is 2.18. The summed E-state index contributed by atoms with van der Waals surface area (Å²) in [5.41, 5.74) is 5.88. The normalized spacial score (nSPS) is 25.4. The second kappa shape index (κ2) is 5.50. The van der Waals surface area contributed by atoms with Crippen molar-refractivity contribution in [2.24, 2.45) is 5.73 Å². The first kappa shape index (κ1) is 11.7. The van der Waals surface area contributed by atoms with Crippen molar-refractivity contribution in [3.8, 4) is 0 Å². The smallest absolute Gasteiger partial charge is 0.130 e. The number of aromatic nitrogens is 2. The summed E-state index contributed by atoms with van der Waals surface area (Å²) in [7, 11) is 0. The van der Waals surface area contributed by atoms with Gasteiger partial charge in [0.2, 0.25) is 0 Å². The highest BCUT2D eigenvalue weighted by molar-refractivity contribution is 7.98. The fourth-order valence-corrected chi connectivity index (χ4v) is 2.38. The summed E-state index contributed by atoms with van der Waals surface area (Å²) in [6, 6.07) is 2.91. The highest BCUT2D eigenvalue weighted by atomic mass is 32.2. The van der Waals surface area contributed by atoms with Gasteiger partial charge in [0.1, 0.15) is 17.2 Å². The lowest BCUT2D eigenvalue weighted by Gasteiger charge is -2.27. The lowest BCUT2D eigenvalue weighted by atomic mass is 9.92. The number of nitrogens with one attached hydrogen (secondary N) is 1. The molecule has 1 heterocycles. The van der Waals surface area contributed by atoms with Gasteiger partial charge < -0.3 is 11.1 Å². The first-order valence-corrected chi connectivity index (χ1v) is 6.88. The maximum absolute atomic E-state index is 5.88. The van der Waals surface area contributed by atoms with Crippen LogP contribution in [0.4, 0.5) is 5.82 Å². The van der Waals surface area contributed by atoms with E-state index in [-0.39, 0.29) is 0 Å². The molecule has 0 saturated heterocycles. The van der Waals surface area contributed by atoms with Crippen LogP contribution in [0, 0.1) is 0 Å². The Morgan fingerprint density at radius 3 is 2.75 bits per heavy atom. The molecule has 2 rings (SSSR count). The fourth-order valence-electron chi connectivity index (χ4n) is 2.00. The van der Waals surface area contributed by atoms with Crippen molar-refractivity contribution >= 4 is 17.6 Å². The zero-order valence-corrected chi connectivity index (χ0v) is 10.3. The van der Waals surface area contributed by atoms with Gasteiger partial charge >= 0.3 is 0 Å². The molecule has 0 spiro atoms. The summed E-state index contributed by atoms with van der Waals surface area (Å²) in [4.78, 5) is 8.39. The molecule has 0 aliphatic heterocycles. The van der Waals surface area contributed by atoms with E-state index in [2.05, 4.69) is 15.3 Å². The van der Waals surface area contributed by atoms with Crippen molar-refractivity contribution in [2.45, 2.75) is 42.8 Å². The van der Waals surface area contributed by atoms with Crippen LogP contribution in [0.5, 0.6) is 0 Å². The van der Waals surface area contributed by atoms with Crippen LogP contribution in [0.1, 0.15) is 25.7 Å². The van der Waals surface area contributed by atoms with E-state index in [1.54, 1.807) is 18.1 Å². The number of thioether (sulfide) groups is 1. The van der Waals surface area contributed by atoms with E-state index in [0.717, 1.165) is 36.5 Å². The second-order valence-electron chi connectivity index (χ2n) is 4.20. The number of anilines is 1. The van der Waals surface area contributed by atoms with Gasteiger partial charge in [-0.05, 0) is 31.9 Å². The standard InChI is InChI=1S/C11H18N4S/c1-16-11-6-10(13-7-14-11)15-9-4-2-8(12)3-5-9/h6-9H,2-5,12H2,1H3,(H,13,14,15)/t8-,9+. The Labute approximate surface area is 100 Å². The molecule has 1 aliphatic rings. The highest BCUT2D eigenvalue weighted by Crippen LogP contribution is 2.21. The molecule has 1 aliphatic carbocycles. The summed E-state index contributed by atoms with van der Waals surface area (Å²) < 4.78 is 0.